The molecule has 2 aromatic rings. The molecule has 0 saturated heterocycles. The van der Waals surface area contributed by atoms with Crippen LogP contribution in [0.3, 0.4) is 0 Å². The summed E-state index contributed by atoms with van der Waals surface area (Å²) in [7, 11) is 1.59. The number of hydrogen-bond donors (Lipinski definition) is 1. The van der Waals surface area contributed by atoms with Crippen LogP contribution < -0.4 is 15.0 Å². The first-order valence-corrected chi connectivity index (χ1v) is 9.36. The smallest absolute Gasteiger partial charge is 0.338 e. The van der Waals surface area contributed by atoms with E-state index in [4.69, 9.17) is 21.7 Å². The molecule has 0 saturated carbocycles. The summed E-state index contributed by atoms with van der Waals surface area (Å²) in [6, 6.07) is 12.7. The molecule has 150 valence electrons. The van der Waals surface area contributed by atoms with E-state index in [-0.39, 0.29) is 6.61 Å². The number of allylic oxidation sites excluding steroid dienone is 1. The number of nitrogens with zero attached hydrogens (tertiary/aromatic N) is 1. The number of esters is 1. The van der Waals surface area contributed by atoms with Crippen LogP contribution in [0.2, 0.25) is 0 Å². The first-order chi connectivity index (χ1) is 14.0. The zero-order valence-electron chi connectivity index (χ0n) is 16.1. The molecule has 0 aliphatic carbocycles. The summed E-state index contributed by atoms with van der Waals surface area (Å²) < 4.78 is 24.3. The van der Waals surface area contributed by atoms with Gasteiger partial charge >= 0.3 is 5.97 Å². The lowest BCUT2D eigenvalue weighted by Gasteiger charge is -2.37. The van der Waals surface area contributed by atoms with E-state index in [1.54, 1.807) is 43.2 Å². The van der Waals surface area contributed by atoms with E-state index in [9.17, 15) is 9.18 Å². The van der Waals surface area contributed by atoms with Gasteiger partial charge in [0.15, 0.2) is 5.11 Å². The average Bonchev–Trinajstić information content (AvgIpc) is 2.72. The van der Waals surface area contributed by atoms with Crippen molar-refractivity contribution in [2.45, 2.75) is 13.0 Å². The first-order valence-electron chi connectivity index (χ1n) is 8.95. The molecule has 1 atom stereocenters. The Morgan fingerprint density at radius 3 is 2.66 bits per heavy atom. The SMILES string of the molecule is C=CCOC(=O)C1=C(C)N(c2ccc(OC)cc2)C(=S)N[C@H]1c1cccc(F)c1. The number of carbonyl (C=O) groups is 1. The van der Waals surface area contributed by atoms with Gasteiger partial charge in [0.2, 0.25) is 0 Å². The maximum atomic E-state index is 13.8. The minimum atomic E-state index is -0.634. The molecule has 1 aliphatic heterocycles. The minimum absolute atomic E-state index is 0.0679. The zero-order chi connectivity index (χ0) is 21.0. The third-order valence-corrected chi connectivity index (χ3v) is 4.85. The van der Waals surface area contributed by atoms with Gasteiger partial charge in [-0.1, -0.05) is 24.8 Å². The number of ether oxygens (including phenoxy) is 2. The highest BCUT2D eigenvalue weighted by atomic mass is 32.1. The van der Waals surface area contributed by atoms with Crippen LogP contribution in [-0.2, 0) is 9.53 Å². The van der Waals surface area contributed by atoms with E-state index in [0.717, 1.165) is 5.69 Å². The number of halogens is 1. The third kappa shape index (κ3) is 4.30. The van der Waals surface area contributed by atoms with Crippen molar-refractivity contribution >= 4 is 29.0 Å². The van der Waals surface area contributed by atoms with E-state index in [1.165, 1.54) is 18.2 Å². The fourth-order valence-electron chi connectivity index (χ4n) is 3.20. The average molecular weight is 412 g/mol. The fourth-order valence-corrected chi connectivity index (χ4v) is 3.56. The summed E-state index contributed by atoms with van der Waals surface area (Å²) in [5.41, 5.74) is 2.28. The highest BCUT2D eigenvalue weighted by Gasteiger charge is 2.35. The van der Waals surface area contributed by atoms with Crippen molar-refractivity contribution in [3.63, 3.8) is 0 Å². The maximum Gasteiger partial charge on any atom is 0.338 e. The van der Waals surface area contributed by atoms with Gasteiger partial charge in [0, 0.05) is 11.4 Å². The first kappa shape index (κ1) is 20.5. The molecule has 0 fully saturated rings. The fraction of sp³-hybridized carbons (Fsp3) is 0.182. The number of anilines is 1. The highest BCUT2D eigenvalue weighted by Crippen LogP contribution is 2.34. The molecule has 0 amide bonds. The lowest BCUT2D eigenvalue weighted by Crippen LogP contribution is -2.48. The molecule has 1 heterocycles. The van der Waals surface area contributed by atoms with Crippen molar-refractivity contribution in [2.24, 2.45) is 0 Å². The number of carbonyl (C=O) groups excluding carboxylic acids is 1. The Bertz CT molecular complexity index is 972. The Morgan fingerprint density at radius 1 is 1.31 bits per heavy atom. The summed E-state index contributed by atoms with van der Waals surface area (Å²) in [6.07, 6.45) is 1.49. The van der Waals surface area contributed by atoms with Crippen molar-refractivity contribution in [3.05, 3.63) is 83.8 Å². The summed E-state index contributed by atoms with van der Waals surface area (Å²) in [5.74, 6) is -0.219. The molecule has 3 rings (SSSR count). The maximum absolute atomic E-state index is 13.8. The van der Waals surface area contributed by atoms with Gasteiger partial charge in [-0.05, 0) is 61.1 Å². The lowest BCUT2D eigenvalue weighted by molar-refractivity contribution is -0.138. The molecule has 1 N–H and O–H groups in total. The van der Waals surface area contributed by atoms with Crippen molar-refractivity contribution in [2.75, 3.05) is 18.6 Å². The van der Waals surface area contributed by atoms with Crippen LogP contribution >= 0.6 is 12.2 Å². The summed E-state index contributed by atoms with van der Waals surface area (Å²) in [5, 5.41) is 3.54. The van der Waals surface area contributed by atoms with E-state index >= 15 is 0 Å². The van der Waals surface area contributed by atoms with Gasteiger partial charge < -0.3 is 14.8 Å². The van der Waals surface area contributed by atoms with Gasteiger partial charge in [-0.3, -0.25) is 4.90 Å². The molecule has 0 spiro atoms. The van der Waals surface area contributed by atoms with Crippen LogP contribution in [0.1, 0.15) is 18.5 Å². The van der Waals surface area contributed by atoms with Crippen LogP contribution in [0.4, 0.5) is 10.1 Å². The molecule has 0 unspecified atom stereocenters. The van der Waals surface area contributed by atoms with E-state index in [0.29, 0.717) is 27.7 Å². The van der Waals surface area contributed by atoms with E-state index in [1.807, 2.05) is 12.1 Å². The molecule has 2 aromatic carbocycles. The third-order valence-electron chi connectivity index (χ3n) is 4.55. The Labute approximate surface area is 174 Å². The predicted octanol–water partition coefficient (Wildman–Crippen LogP) is 4.27. The topological polar surface area (TPSA) is 50.8 Å². The van der Waals surface area contributed by atoms with Crippen molar-refractivity contribution in [1.82, 2.24) is 5.32 Å². The lowest BCUT2D eigenvalue weighted by atomic mass is 9.94. The van der Waals surface area contributed by atoms with Crippen LogP contribution in [0.25, 0.3) is 0 Å². The van der Waals surface area contributed by atoms with Crippen LogP contribution in [0.5, 0.6) is 5.75 Å². The molecule has 7 heteroatoms. The Hall–Kier alpha value is -3.19. The standard InChI is InChI=1S/C22H21FN2O3S/c1-4-12-28-21(26)19-14(2)25(17-8-10-18(27-3)11-9-17)22(29)24-20(19)15-6-5-7-16(23)13-15/h4-11,13,20H,1,12H2,2-3H3,(H,24,29)/t20-/m0/s1. The second kappa shape index (κ2) is 8.87. The monoisotopic (exact) mass is 412 g/mol. The number of methoxy groups -OCH3 is 1. The Morgan fingerprint density at radius 2 is 2.03 bits per heavy atom. The Kier molecular flexibility index (Phi) is 6.29. The molecule has 5 nitrogen and oxygen atoms in total. The molecule has 1 aliphatic rings. The van der Waals surface area contributed by atoms with Gasteiger partial charge in [-0.15, -0.1) is 0 Å². The van der Waals surface area contributed by atoms with E-state index in [2.05, 4.69) is 11.9 Å². The molecule has 29 heavy (non-hydrogen) atoms. The van der Waals surface area contributed by atoms with Crippen molar-refractivity contribution < 1.29 is 18.7 Å². The van der Waals surface area contributed by atoms with Crippen molar-refractivity contribution in [1.29, 1.82) is 0 Å². The molecule has 0 radical (unpaired) electrons. The summed E-state index contributed by atoms with van der Waals surface area (Å²) >= 11 is 5.57. The van der Waals surface area contributed by atoms with Crippen LogP contribution in [-0.4, -0.2) is 24.8 Å². The minimum Gasteiger partial charge on any atom is -0.497 e. The van der Waals surface area contributed by atoms with Gasteiger partial charge in [0.05, 0.1) is 18.7 Å². The number of hydrogen-bond acceptors (Lipinski definition) is 4. The van der Waals surface area contributed by atoms with Gasteiger partial charge in [0.25, 0.3) is 0 Å². The molecular formula is C22H21FN2O3S. The second-order valence-electron chi connectivity index (χ2n) is 6.36. The van der Waals surface area contributed by atoms with Gasteiger partial charge in [0.1, 0.15) is 18.2 Å². The van der Waals surface area contributed by atoms with E-state index < -0.39 is 17.8 Å². The zero-order valence-corrected chi connectivity index (χ0v) is 17.0. The quantitative estimate of drug-likeness (QED) is 0.434. The van der Waals surface area contributed by atoms with Gasteiger partial charge in [-0.25, -0.2) is 9.18 Å². The Balaban J connectivity index is 2.09. The normalized spacial score (nSPS) is 16.3. The van der Waals surface area contributed by atoms with Crippen LogP contribution in [0, 0.1) is 5.82 Å². The number of thiocarbonyl (C=S) groups is 1. The molecular weight excluding hydrogens is 391 g/mol. The highest BCUT2D eigenvalue weighted by molar-refractivity contribution is 7.80. The summed E-state index contributed by atoms with van der Waals surface area (Å²) in [6.45, 7) is 5.43. The van der Waals surface area contributed by atoms with Gasteiger partial charge in [-0.2, -0.15) is 0 Å². The molecule has 0 bridgehead atoms. The van der Waals surface area contributed by atoms with Crippen LogP contribution in [0.15, 0.2) is 72.5 Å². The number of rotatable bonds is 6. The van der Waals surface area contributed by atoms with Crippen molar-refractivity contribution in [3.8, 4) is 5.75 Å². The number of nitrogens with one attached hydrogen (secondary N) is 1. The second-order valence-corrected chi connectivity index (χ2v) is 6.74. The largest absolute Gasteiger partial charge is 0.497 e. The number of benzene rings is 2. The molecule has 0 aromatic heterocycles. The summed E-state index contributed by atoms with van der Waals surface area (Å²) in [4.78, 5) is 14.6. The predicted molar refractivity (Wildman–Crippen MR) is 114 cm³/mol.